The van der Waals surface area contributed by atoms with E-state index in [0.29, 0.717) is 24.3 Å². The van der Waals surface area contributed by atoms with Gasteiger partial charge in [0.15, 0.2) is 6.10 Å². The molecule has 1 aromatic carbocycles. The van der Waals surface area contributed by atoms with Gasteiger partial charge in [-0.3, -0.25) is 4.79 Å². The first-order chi connectivity index (χ1) is 9.60. The van der Waals surface area contributed by atoms with Crippen LogP contribution < -0.4 is 10.1 Å². The van der Waals surface area contributed by atoms with Crippen molar-refractivity contribution in [3.05, 3.63) is 29.8 Å². The molecule has 0 aliphatic rings. The van der Waals surface area contributed by atoms with Crippen LogP contribution in [0.2, 0.25) is 0 Å². The zero-order chi connectivity index (χ0) is 15.0. The topological polar surface area (TPSA) is 82.3 Å². The summed E-state index contributed by atoms with van der Waals surface area (Å²) in [5.74, 6) is 0.142. The Hall–Kier alpha value is -2.06. The first kappa shape index (κ1) is 16.0. The summed E-state index contributed by atoms with van der Waals surface area (Å²) in [6.07, 6.45) is -0.158. The number of rotatable bonds is 7. The maximum absolute atomic E-state index is 12.1. The molecule has 0 radical (unpaired) electrons. The summed E-state index contributed by atoms with van der Waals surface area (Å²) in [6, 6.07) is 8.87. The number of aliphatic hydroxyl groups is 1. The molecule has 1 rings (SSSR count). The molecule has 5 nitrogen and oxygen atoms in total. The Morgan fingerprint density at radius 3 is 2.75 bits per heavy atom. The smallest absolute Gasteiger partial charge is 0.261 e. The lowest BCUT2D eigenvalue weighted by Crippen LogP contribution is -2.42. The molecule has 0 aliphatic heterocycles. The van der Waals surface area contributed by atoms with Gasteiger partial charge in [-0.15, -0.1) is 0 Å². The van der Waals surface area contributed by atoms with Crippen molar-refractivity contribution in [3.8, 4) is 11.8 Å². The Balaban J connectivity index is 2.77. The van der Waals surface area contributed by atoms with Crippen LogP contribution >= 0.6 is 0 Å². The number of benzene rings is 1. The SMILES string of the molecule is CC(C)C(Oc1ccccc1C#N)C(=O)NCCCO. The maximum Gasteiger partial charge on any atom is 0.261 e. The molecule has 2 N–H and O–H groups in total. The van der Waals surface area contributed by atoms with E-state index in [2.05, 4.69) is 5.32 Å². The van der Waals surface area contributed by atoms with E-state index >= 15 is 0 Å². The standard InChI is InChI=1S/C15H20N2O3/c1-11(2)14(15(19)17-8-5-9-18)20-13-7-4-3-6-12(13)10-16/h3-4,6-7,11,14,18H,5,8-9H2,1-2H3,(H,17,19). The molecule has 1 atom stereocenters. The minimum absolute atomic E-state index is 0.0316. The third-order valence-corrected chi connectivity index (χ3v) is 2.76. The molecule has 0 saturated heterocycles. The predicted octanol–water partition coefficient (Wildman–Crippen LogP) is 1.46. The van der Waals surface area contributed by atoms with Crippen LogP contribution in [0.15, 0.2) is 24.3 Å². The van der Waals surface area contributed by atoms with Crippen LogP contribution in [0.4, 0.5) is 0 Å². The number of amides is 1. The highest BCUT2D eigenvalue weighted by atomic mass is 16.5. The second-order valence-electron chi connectivity index (χ2n) is 4.76. The number of carbonyl (C=O) groups excluding carboxylic acids is 1. The molecular weight excluding hydrogens is 256 g/mol. The lowest BCUT2D eigenvalue weighted by molar-refractivity contribution is -0.129. The molecular formula is C15H20N2O3. The van der Waals surface area contributed by atoms with Crippen molar-refractivity contribution in [2.75, 3.05) is 13.2 Å². The molecule has 0 fully saturated rings. The minimum atomic E-state index is -0.664. The summed E-state index contributed by atoms with van der Waals surface area (Å²) >= 11 is 0. The van der Waals surface area contributed by atoms with Crippen LogP contribution in [0, 0.1) is 17.2 Å². The Morgan fingerprint density at radius 1 is 1.45 bits per heavy atom. The average molecular weight is 276 g/mol. The van der Waals surface area contributed by atoms with E-state index in [-0.39, 0.29) is 18.4 Å². The van der Waals surface area contributed by atoms with Gasteiger partial charge in [0.1, 0.15) is 11.8 Å². The second kappa shape index (κ2) is 8.18. The Labute approximate surface area is 119 Å². The van der Waals surface area contributed by atoms with Crippen molar-refractivity contribution in [2.45, 2.75) is 26.4 Å². The van der Waals surface area contributed by atoms with Gasteiger partial charge < -0.3 is 15.2 Å². The van der Waals surface area contributed by atoms with Gasteiger partial charge in [-0.25, -0.2) is 0 Å². The first-order valence-electron chi connectivity index (χ1n) is 6.64. The molecule has 1 unspecified atom stereocenters. The number of hydrogen-bond donors (Lipinski definition) is 2. The van der Waals surface area contributed by atoms with Gasteiger partial charge in [0.05, 0.1) is 5.56 Å². The van der Waals surface area contributed by atoms with E-state index in [1.54, 1.807) is 24.3 Å². The lowest BCUT2D eigenvalue weighted by atomic mass is 10.1. The van der Waals surface area contributed by atoms with Crippen LogP contribution in [-0.2, 0) is 4.79 Å². The zero-order valence-electron chi connectivity index (χ0n) is 11.8. The fraction of sp³-hybridized carbons (Fsp3) is 0.467. The number of ether oxygens (including phenoxy) is 1. The first-order valence-corrected chi connectivity index (χ1v) is 6.64. The Kier molecular flexibility index (Phi) is 6.54. The molecule has 0 bridgehead atoms. The monoisotopic (exact) mass is 276 g/mol. The quantitative estimate of drug-likeness (QED) is 0.739. The minimum Gasteiger partial charge on any atom is -0.479 e. The van der Waals surface area contributed by atoms with E-state index in [1.165, 1.54) is 0 Å². The van der Waals surface area contributed by atoms with E-state index in [4.69, 9.17) is 15.1 Å². The summed E-state index contributed by atoms with van der Waals surface area (Å²) in [7, 11) is 0. The van der Waals surface area contributed by atoms with E-state index in [0.717, 1.165) is 0 Å². The Morgan fingerprint density at radius 2 is 2.15 bits per heavy atom. The number of carbonyl (C=O) groups is 1. The van der Waals surface area contributed by atoms with Crippen LogP contribution in [0.1, 0.15) is 25.8 Å². The van der Waals surface area contributed by atoms with Crippen LogP contribution in [-0.4, -0.2) is 30.3 Å². The van der Waals surface area contributed by atoms with Crippen molar-refractivity contribution in [3.63, 3.8) is 0 Å². The predicted molar refractivity (Wildman–Crippen MR) is 75.1 cm³/mol. The molecule has 0 saturated carbocycles. The summed E-state index contributed by atoms with van der Waals surface area (Å²) in [5.41, 5.74) is 0.404. The fourth-order valence-corrected chi connectivity index (χ4v) is 1.68. The zero-order valence-corrected chi connectivity index (χ0v) is 11.8. The Bertz CT molecular complexity index is 480. The van der Waals surface area contributed by atoms with Gasteiger partial charge in [0.25, 0.3) is 5.91 Å². The van der Waals surface area contributed by atoms with E-state index in [9.17, 15) is 4.79 Å². The number of hydrogen-bond acceptors (Lipinski definition) is 4. The van der Waals surface area contributed by atoms with Crippen molar-refractivity contribution < 1.29 is 14.6 Å². The van der Waals surface area contributed by atoms with Crippen LogP contribution in [0.5, 0.6) is 5.75 Å². The van der Waals surface area contributed by atoms with E-state index in [1.807, 2.05) is 19.9 Å². The van der Waals surface area contributed by atoms with E-state index < -0.39 is 6.10 Å². The van der Waals surface area contributed by atoms with Gasteiger partial charge in [-0.1, -0.05) is 26.0 Å². The fourth-order valence-electron chi connectivity index (χ4n) is 1.68. The van der Waals surface area contributed by atoms with Crippen molar-refractivity contribution in [2.24, 2.45) is 5.92 Å². The highest BCUT2D eigenvalue weighted by Crippen LogP contribution is 2.20. The van der Waals surface area contributed by atoms with Gasteiger partial charge >= 0.3 is 0 Å². The molecule has 0 aliphatic carbocycles. The molecule has 0 aromatic heterocycles. The molecule has 0 heterocycles. The third kappa shape index (κ3) is 4.56. The summed E-state index contributed by atoms with van der Waals surface area (Å²) < 4.78 is 5.69. The molecule has 1 amide bonds. The van der Waals surface area contributed by atoms with Gasteiger partial charge in [0, 0.05) is 13.2 Å². The molecule has 5 heteroatoms. The van der Waals surface area contributed by atoms with Gasteiger partial charge in [0.2, 0.25) is 0 Å². The molecule has 1 aromatic rings. The van der Waals surface area contributed by atoms with Gasteiger partial charge in [-0.2, -0.15) is 5.26 Å². The molecule has 108 valence electrons. The van der Waals surface area contributed by atoms with Crippen molar-refractivity contribution >= 4 is 5.91 Å². The molecule has 0 spiro atoms. The average Bonchev–Trinajstić information content (AvgIpc) is 2.44. The van der Waals surface area contributed by atoms with Crippen LogP contribution in [0.25, 0.3) is 0 Å². The second-order valence-corrected chi connectivity index (χ2v) is 4.76. The van der Waals surface area contributed by atoms with Gasteiger partial charge in [-0.05, 0) is 24.5 Å². The number of nitriles is 1. The summed E-state index contributed by atoms with van der Waals surface area (Å²) in [6.45, 7) is 4.20. The number of nitrogens with zero attached hydrogens (tertiary/aromatic N) is 1. The number of aliphatic hydroxyl groups excluding tert-OH is 1. The largest absolute Gasteiger partial charge is 0.479 e. The molecule has 20 heavy (non-hydrogen) atoms. The maximum atomic E-state index is 12.1. The highest BCUT2D eigenvalue weighted by Gasteiger charge is 2.24. The third-order valence-electron chi connectivity index (χ3n) is 2.76. The van der Waals surface area contributed by atoms with Crippen LogP contribution in [0.3, 0.4) is 0 Å². The summed E-state index contributed by atoms with van der Waals surface area (Å²) in [5, 5.41) is 20.5. The van der Waals surface area contributed by atoms with Crippen molar-refractivity contribution in [1.29, 1.82) is 5.26 Å². The number of para-hydroxylation sites is 1. The summed E-state index contributed by atoms with van der Waals surface area (Å²) in [4.78, 5) is 12.1. The normalized spacial score (nSPS) is 11.8. The number of nitrogens with one attached hydrogen (secondary N) is 1. The lowest BCUT2D eigenvalue weighted by Gasteiger charge is -2.22. The highest BCUT2D eigenvalue weighted by molar-refractivity contribution is 5.81. The van der Waals surface area contributed by atoms with Crippen molar-refractivity contribution in [1.82, 2.24) is 5.32 Å².